The minimum atomic E-state index is 0.885. The van der Waals surface area contributed by atoms with Crippen molar-refractivity contribution in [2.75, 3.05) is 43.4 Å². The molecular formula is C14H23N3. The van der Waals surface area contributed by atoms with Gasteiger partial charge in [0.1, 0.15) is 0 Å². The Balaban J connectivity index is 1.94. The van der Waals surface area contributed by atoms with Crippen LogP contribution in [0.4, 0.5) is 11.4 Å². The summed E-state index contributed by atoms with van der Waals surface area (Å²) in [7, 11) is 0. The fourth-order valence-electron chi connectivity index (χ4n) is 2.49. The zero-order valence-corrected chi connectivity index (χ0v) is 10.7. The van der Waals surface area contributed by atoms with Gasteiger partial charge in [-0.05, 0) is 45.0 Å². The number of rotatable bonds is 5. The lowest BCUT2D eigenvalue weighted by Crippen LogP contribution is -2.34. The van der Waals surface area contributed by atoms with Gasteiger partial charge in [0.25, 0.3) is 0 Å². The van der Waals surface area contributed by atoms with Crippen LogP contribution in [0.3, 0.4) is 0 Å². The lowest BCUT2D eigenvalue weighted by atomic mass is 10.2. The SMILES string of the molecule is CCN(CCN1CCCC1)c1ccccc1N. The monoisotopic (exact) mass is 233 g/mol. The second-order valence-electron chi connectivity index (χ2n) is 4.69. The molecule has 0 spiro atoms. The molecule has 1 aliphatic heterocycles. The number of likely N-dealkylation sites (tertiary alicyclic amines) is 1. The topological polar surface area (TPSA) is 32.5 Å². The second-order valence-corrected chi connectivity index (χ2v) is 4.69. The molecule has 0 bridgehead atoms. The highest BCUT2D eigenvalue weighted by molar-refractivity contribution is 5.67. The molecule has 1 saturated heterocycles. The molecule has 0 unspecified atom stereocenters. The number of para-hydroxylation sites is 2. The Morgan fingerprint density at radius 2 is 1.94 bits per heavy atom. The number of nitrogens with zero attached hydrogens (tertiary/aromatic N) is 2. The number of nitrogens with two attached hydrogens (primary N) is 1. The summed E-state index contributed by atoms with van der Waals surface area (Å²) in [6.07, 6.45) is 2.72. The molecule has 0 aromatic heterocycles. The summed E-state index contributed by atoms with van der Waals surface area (Å²) in [5.74, 6) is 0. The Bertz CT molecular complexity index is 345. The van der Waals surface area contributed by atoms with Gasteiger partial charge in [0.15, 0.2) is 0 Å². The third kappa shape index (κ3) is 3.13. The minimum Gasteiger partial charge on any atom is -0.397 e. The standard InChI is InChI=1S/C14H23N3/c1-2-17(12-11-16-9-5-6-10-16)14-8-4-3-7-13(14)15/h3-4,7-8H,2,5-6,9-12,15H2,1H3. The average Bonchev–Trinajstić information content (AvgIpc) is 2.85. The number of hydrogen-bond donors (Lipinski definition) is 1. The Morgan fingerprint density at radius 1 is 1.24 bits per heavy atom. The molecule has 17 heavy (non-hydrogen) atoms. The molecule has 0 radical (unpaired) electrons. The first-order valence-electron chi connectivity index (χ1n) is 6.63. The van der Waals surface area contributed by atoms with Crippen molar-refractivity contribution in [3.05, 3.63) is 24.3 Å². The van der Waals surface area contributed by atoms with Gasteiger partial charge >= 0.3 is 0 Å². The van der Waals surface area contributed by atoms with Gasteiger partial charge in [-0.1, -0.05) is 12.1 Å². The fraction of sp³-hybridized carbons (Fsp3) is 0.571. The summed E-state index contributed by atoms with van der Waals surface area (Å²) in [4.78, 5) is 4.91. The molecule has 1 aliphatic rings. The maximum atomic E-state index is 6.03. The lowest BCUT2D eigenvalue weighted by molar-refractivity contribution is 0.345. The normalized spacial score (nSPS) is 16.3. The van der Waals surface area contributed by atoms with E-state index in [1.807, 2.05) is 12.1 Å². The highest BCUT2D eigenvalue weighted by atomic mass is 15.2. The van der Waals surface area contributed by atoms with Crippen molar-refractivity contribution in [1.82, 2.24) is 4.90 Å². The van der Waals surface area contributed by atoms with E-state index in [2.05, 4.69) is 28.9 Å². The van der Waals surface area contributed by atoms with E-state index in [1.54, 1.807) is 0 Å². The largest absolute Gasteiger partial charge is 0.397 e. The van der Waals surface area contributed by atoms with Crippen LogP contribution in [0.25, 0.3) is 0 Å². The maximum Gasteiger partial charge on any atom is 0.0600 e. The van der Waals surface area contributed by atoms with E-state index in [1.165, 1.54) is 31.6 Å². The molecule has 0 saturated carbocycles. The molecule has 2 N–H and O–H groups in total. The van der Waals surface area contributed by atoms with Crippen molar-refractivity contribution in [1.29, 1.82) is 0 Å². The molecule has 94 valence electrons. The van der Waals surface area contributed by atoms with Gasteiger partial charge in [-0.25, -0.2) is 0 Å². The van der Waals surface area contributed by atoms with E-state index in [0.29, 0.717) is 0 Å². The molecule has 0 atom stereocenters. The molecule has 3 nitrogen and oxygen atoms in total. The first-order valence-corrected chi connectivity index (χ1v) is 6.63. The van der Waals surface area contributed by atoms with Crippen LogP contribution in [0.2, 0.25) is 0 Å². The molecule has 0 aliphatic carbocycles. The molecule has 0 amide bonds. The highest BCUT2D eigenvalue weighted by Crippen LogP contribution is 2.22. The van der Waals surface area contributed by atoms with E-state index in [4.69, 9.17) is 5.73 Å². The average molecular weight is 233 g/mol. The van der Waals surface area contributed by atoms with E-state index in [9.17, 15) is 0 Å². The molecule has 1 aromatic rings. The van der Waals surface area contributed by atoms with Crippen LogP contribution in [0.5, 0.6) is 0 Å². The number of hydrogen-bond acceptors (Lipinski definition) is 3. The van der Waals surface area contributed by atoms with Crippen LogP contribution >= 0.6 is 0 Å². The van der Waals surface area contributed by atoms with Crippen LogP contribution in [0.15, 0.2) is 24.3 Å². The highest BCUT2D eigenvalue weighted by Gasteiger charge is 2.13. The molecular weight excluding hydrogens is 210 g/mol. The summed E-state index contributed by atoms with van der Waals surface area (Å²) in [6, 6.07) is 8.15. The van der Waals surface area contributed by atoms with Crippen molar-refractivity contribution in [2.24, 2.45) is 0 Å². The first kappa shape index (κ1) is 12.2. The predicted octanol–water partition coefficient (Wildman–Crippen LogP) is 2.19. The lowest BCUT2D eigenvalue weighted by Gasteiger charge is -2.27. The Labute approximate surface area is 104 Å². The summed E-state index contributed by atoms with van der Waals surface area (Å²) in [6.45, 7) is 7.97. The van der Waals surface area contributed by atoms with Crippen LogP contribution < -0.4 is 10.6 Å². The number of likely N-dealkylation sites (N-methyl/N-ethyl adjacent to an activating group) is 1. The van der Waals surface area contributed by atoms with Gasteiger partial charge in [0.2, 0.25) is 0 Å². The maximum absolute atomic E-state index is 6.03. The number of nitrogen functional groups attached to an aromatic ring is 1. The van der Waals surface area contributed by atoms with E-state index in [0.717, 1.165) is 25.3 Å². The zero-order chi connectivity index (χ0) is 12.1. The summed E-state index contributed by atoms with van der Waals surface area (Å²) < 4.78 is 0. The third-order valence-electron chi connectivity index (χ3n) is 3.54. The smallest absolute Gasteiger partial charge is 0.0600 e. The third-order valence-corrected chi connectivity index (χ3v) is 3.54. The van der Waals surface area contributed by atoms with Crippen molar-refractivity contribution in [3.63, 3.8) is 0 Å². The van der Waals surface area contributed by atoms with Crippen molar-refractivity contribution < 1.29 is 0 Å². The molecule has 1 aromatic carbocycles. The van der Waals surface area contributed by atoms with Gasteiger partial charge in [-0.3, -0.25) is 0 Å². The van der Waals surface area contributed by atoms with Crippen LogP contribution in [-0.4, -0.2) is 37.6 Å². The molecule has 2 rings (SSSR count). The summed E-state index contributed by atoms with van der Waals surface area (Å²) in [5, 5.41) is 0. The molecule has 1 fully saturated rings. The second kappa shape index (κ2) is 5.92. The summed E-state index contributed by atoms with van der Waals surface area (Å²) >= 11 is 0. The van der Waals surface area contributed by atoms with Gasteiger partial charge in [0.05, 0.1) is 11.4 Å². The number of benzene rings is 1. The predicted molar refractivity (Wildman–Crippen MR) is 74.4 cm³/mol. The zero-order valence-electron chi connectivity index (χ0n) is 10.7. The van der Waals surface area contributed by atoms with Gasteiger partial charge < -0.3 is 15.5 Å². The van der Waals surface area contributed by atoms with Crippen LogP contribution in [-0.2, 0) is 0 Å². The van der Waals surface area contributed by atoms with E-state index in [-0.39, 0.29) is 0 Å². The number of anilines is 2. The minimum absolute atomic E-state index is 0.885. The Morgan fingerprint density at radius 3 is 2.59 bits per heavy atom. The summed E-state index contributed by atoms with van der Waals surface area (Å²) in [5.41, 5.74) is 8.09. The van der Waals surface area contributed by atoms with E-state index < -0.39 is 0 Å². The van der Waals surface area contributed by atoms with E-state index >= 15 is 0 Å². The van der Waals surface area contributed by atoms with Crippen molar-refractivity contribution in [2.45, 2.75) is 19.8 Å². The Hall–Kier alpha value is -1.22. The van der Waals surface area contributed by atoms with Gasteiger partial charge in [0, 0.05) is 19.6 Å². The van der Waals surface area contributed by atoms with Crippen molar-refractivity contribution in [3.8, 4) is 0 Å². The fourth-order valence-corrected chi connectivity index (χ4v) is 2.49. The molecule has 1 heterocycles. The quantitative estimate of drug-likeness (QED) is 0.791. The first-order chi connectivity index (χ1) is 8.31. The van der Waals surface area contributed by atoms with Gasteiger partial charge in [-0.15, -0.1) is 0 Å². The Kier molecular flexibility index (Phi) is 4.26. The van der Waals surface area contributed by atoms with Crippen LogP contribution in [0.1, 0.15) is 19.8 Å². The van der Waals surface area contributed by atoms with Crippen LogP contribution in [0, 0.1) is 0 Å². The van der Waals surface area contributed by atoms with Crippen molar-refractivity contribution >= 4 is 11.4 Å². The molecule has 3 heteroatoms. The van der Waals surface area contributed by atoms with Gasteiger partial charge in [-0.2, -0.15) is 0 Å².